The van der Waals surface area contributed by atoms with Crippen LogP contribution in [-0.2, 0) is 9.53 Å². The predicted octanol–water partition coefficient (Wildman–Crippen LogP) is 0.587. The molecule has 0 aromatic carbocycles. The van der Waals surface area contributed by atoms with Crippen LogP contribution in [0.4, 0.5) is 0 Å². The van der Waals surface area contributed by atoms with Gasteiger partial charge in [-0.3, -0.25) is 4.79 Å². The summed E-state index contributed by atoms with van der Waals surface area (Å²) in [6.45, 7) is 5.22. The molecule has 3 nitrogen and oxygen atoms in total. The molecule has 1 N–H and O–H groups in total. The Bertz CT molecular complexity index is 412. The first-order chi connectivity index (χ1) is 7.63. The van der Waals surface area contributed by atoms with E-state index in [0.717, 1.165) is 0 Å². The number of hydrogen-bond donors (Lipinski definition) is 1. The van der Waals surface area contributed by atoms with Crippen LogP contribution in [-0.4, -0.2) is 22.8 Å². The van der Waals surface area contributed by atoms with Crippen LogP contribution in [0.15, 0.2) is 12.7 Å². The molecule has 0 radical (unpaired) electrons. The summed E-state index contributed by atoms with van der Waals surface area (Å²) in [5.41, 5.74) is 0.137. The first kappa shape index (κ1) is 8.29. The summed E-state index contributed by atoms with van der Waals surface area (Å²) >= 11 is 0. The van der Waals surface area contributed by atoms with Gasteiger partial charge in [-0.05, 0) is 17.8 Å². The Hall–Kier alpha value is -0.830. The van der Waals surface area contributed by atoms with Crippen molar-refractivity contribution in [3.63, 3.8) is 0 Å². The van der Waals surface area contributed by atoms with Crippen LogP contribution >= 0.6 is 0 Å². The molecule has 0 heterocycles. The molecule has 16 heavy (non-hydrogen) atoms. The average Bonchev–Trinajstić information content (AvgIpc) is 2.28. The topological polar surface area (TPSA) is 46.5 Å². The molecule has 0 aromatic rings. The Morgan fingerprint density at radius 1 is 1.31 bits per heavy atom. The normalized spacial score (nSPS) is 70.6. The first-order valence-corrected chi connectivity index (χ1v) is 6.13. The third kappa shape index (κ3) is 0.375. The second kappa shape index (κ2) is 1.78. The fourth-order valence-corrected chi connectivity index (χ4v) is 6.76. The highest BCUT2D eigenvalue weighted by molar-refractivity contribution is 5.70. The Labute approximate surface area is 93.5 Å². The van der Waals surface area contributed by atoms with E-state index < -0.39 is 0 Å². The van der Waals surface area contributed by atoms with Crippen LogP contribution in [0.2, 0.25) is 0 Å². The van der Waals surface area contributed by atoms with Crippen molar-refractivity contribution in [2.75, 3.05) is 0 Å². The van der Waals surface area contributed by atoms with Crippen molar-refractivity contribution < 1.29 is 14.6 Å². The Morgan fingerprint density at radius 2 is 1.81 bits per heavy atom. The minimum atomic E-state index is -0.327. The standard InChI is InChI=1S/C13H14O3/c1-3-5(15)12-6-9-7(12)11-8(12)10(6)13(9,11)16-4(2)14/h3,5-11,15H,1H2,2H3. The fraction of sp³-hybridized carbons (Fsp3) is 0.769. The third-order valence-corrected chi connectivity index (χ3v) is 6.67. The van der Waals surface area contributed by atoms with Crippen LogP contribution in [0.3, 0.4) is 0 Å². The fourth-order valence-electron chi connectivity index (χ4n) is 6.76. The molecule has 6 rings (SSSR count). The van der Waals surface area contributed by atoms with Gasteiger partial charge in [0.05, 0.1) is 6.10 Å². The van der Waals surface area contributed by atoms with E-state index >= 15 is 0 Å². The molecule has 1 unspecified atom stereocenters. The van der Waals surface area contributed by atoms with Gasteiger partial charge in [0.15, 0.2) is 0 Å². The molecule has 6 fully saturated rings. The Morgan fingerprint density at radius 3 is 2.19 bits per heavy atom. The lowest BCUT2D eigenvalue weighted by Crippen LogP contribution is -3.14. The lowest BCUT2D eigenvalue weighted by Gasteiger charge is -3.10. The molecule has 0 aromatic heterocycles. The van der Waals surface area contributed by atoms with E-state index in [2.05, 4.69) is 6.58 Å². The maximum atomic E-state index is 11.1. The van der Waals surface area contributed by atoms with Gasteiger partial charge in [-0.2, -0.15) is 0 Å². The largest absolute Gasteiger partial charge is 0.458 e. The average molecular weight is 218 g/mol. The highest BCUT2D eigenvalue weighted by atomic mass is 16.6. The number of aliphatic hydroxyl groups is 1. The molecule has 3 heteroatoms. The van der Waals surface area contributed by atoms with E-state index in [1.807, 2.05) is 0 Å². The van der Waals surface area contributed by atoms with Crippen molar-refractivity contribution in [3.05, 3.63) is 12.7 Å². The molecule has 6 saturated carbocycles. The van der Waals surface area contributed by atoms with Crippen LogP contribution < -0.4 is 0 Å². The molecular weight excluding hydrogens is 204 g/mol. The van der Waals surface area contributed by atoms with Crippen LogP contribution in [0.1, 0.15) is 6.92 Å². The first-order valence-electron chi connectivity index (χ1n) is 6.13. The lowest BCUT2D eigenvalue weighted by atomic mass is 8.94. The maximum Gasteiger partial charge on any atom is 0.303 e. The number of aliphatic hydroxyl groups excluding tert-OH is 1. The third-order valence-electron chi connectivity index (χ3n) is 6.67. The molecule has 1 atom stereocenters. The van der Waals surface area contributed by atoms with Crippen molar-refractivity contribution >= 4 is 5.97 Å². The minimum absolute atomic E-state index is 0.0471. The molecule has 84 valence electrons. The zero-order valence-corrected chi connectivity index (χ0v) is 9.09. The molecule has 0 bridgehead atoms. The van der Waals surface area contributed by atoms with Gasteiger partial charge in [-0.25, -0.2) is 0 Å². The van der Waals surface area contributed by atoms with Gasteiger partial charge < -0.3 is 9.84 Å². The Balaban J connectivity index is 1.50. The van der Waals surface area contributed by atoms with E-state index in [1.165, 1.54) is 6.92 Å². The summed E-state index contributed by atoms with van der Waals surface area (Å²) in [6.07, 6.45) is 1.37. The summed E-state index contributed by atoms with van der Waals surface area (Å²) in [7, 11) is 0. The summed E-state index contributed by atoms with van der Waals surface area (Å²) in [5, 5.41) is 10.0. The van der Waals surface area contributed by atoms with E-state index in [-0.39, 0.29) is 23.1 Å². The number of carbonyl (C=O) groups excluding carboxylic acids is 1. The summed E-state index contributed by atoms with van der Waals surface area (Å²) < 4.78 is 5.56. The molecule has 6 aliphatic carbocycles. The number of carbonyl (C=O) groups is 1. The molecule has 0 saturated heterocycles. The van der Waals surface area contributed by atoms with Crippen LogP contribution in [0.5, 0.6) is 0 Å². The van der Waals surface area contributed by atoms with Crippen molar-refractivity contribution in [2.45, 2.75) is 18.6 Å². The maximum absolute atomic E-state index is 11.1. The van der Waals surface area contributed by atoms with Crippen molar-refractivity contribution in [2.24, 2.45) is 40.9 Å². The van der Waals surface area contributed by atoms with Gasteiger partial charge in [-0.1, -0.05) is 6.08 Å². The monoisotopic (exact) mass is 218 g/mol. The molecule has 0 spiro atoms. The lowest BCUT2D eigenvalue weighted by molar-refractivity contribution is -0.666. The molecule has 0 aliphatic heterocycles. The van der Waals surface area contributed by atoms with E-state index in [9.17, 15) is 9.90 Å². The van der Waals surface area contributed by atoms with E-state index in [4.69, 9.17) is 4.74 Å². The van der Waals surface area contributed by atoms with Gasteiger partial charge in [0.25, 0.3) is 0 Å². The van der Waals surface area contributed by atoms with Crippen molar-refractivity contribution in [1.29, 1.82) is 0 Å². The van der Waals surface area contributed by atoms with Crippen LogP contribution in [0.25, 0.3) is 0 Å². The van der Waals surface area contributed by atoms with E-state index in [0.29, 0.717) is 35.5 Å². The second-order valence-corrected chi connectivity index (χ2v) is 6.28. The predicted molar refractivity (Wildman–Crippen MR) is 54.1 cm³/mol. The smallest absolute Gasteiger partial charge is 0.303 e. The van der Waals surface area contributed by atoms with Gasteiger partial charge in [-0.15, -0.1) is 6.58 Å². The number of hydrogen-bond acceptors (Lipinski definition) is 3. The van der Waals surface area contributed by atoms with Gasteiger partial charge >= 0.3 is 5.97 Å². The minimum Gasteiger partial charge on any atom is -0.458 e. The highest BCUT2D eigenvalue weighted by Gasteiger charge is 3.12. The SMILES string of the molecule is C=CC(O)C12C3C4C1C1C2C3C41OC(C)=O. The quantitative estimate of drug-likeness (QED) is 0.557. The summed E-state index contributed by atoms with van der Waals surface area (Å²) in [5.74, 6) is 3.55. The van der Waals surface area contributed by atoms with Crippen molar-refractivity contribution in [1.82, 2.24) is 0 Å². The van der Waals surface area contributed by atoms with E-state index in [1.54, 1.807) is 6.08 Å². The highest BCUT2D eigenvalue weighted by Crippen LogP contribution is 3.08. The zero-order valence-electron chi connectivity index (χ0n) is 9.09. The van der Waals surface area contributed by atoms with Crippen molar-refractivity contribution in [3.8, 4) is 0 Å². The number of esters is 1. The van der Waals surface area contributed by atoms with Crippen LogP contribution in [0, 0.1) is 40.9 Å². The number of rotatable bonds is 3. The molecular formula is C13H14O3. The second-order valence-electron chi connectivity index (χ2n) is 6.28. The summed E-state index contributed by atoms with van der Waals surface area (Å²) in [4.78, 5) is 11.1. The summed E-state index contributed by atoms with van der Waals surface area (Å²) in [6, 6.07) is 0. The van der Waals surface area contributed by atoms with Gasteiger partial charge in [0, 0.05) is 30.1 Å². The molecule has 0 amide bonds. The van der Waals surface area contributed by atoms with Gasteiger partial charge in [0.1, 0.15) is 5.60 Å². The number of ether oxygens (including phenoxy) is 1. The van der Waals surface area contributed by atoms with Gasteiger partial charge in [0.2, 0.25) is 0 Å². The Kier molecular flexibility index (Phi) is 0.922. The zero-order chi connectivity index (χ0) is 11.0. The molecule has 6 aliphatic rings.